The first-order chi connectivity index (χ1) is 21.8. The van der Waals surface area contributed by atoms with Crippen LogP contribution in [0.25, 0.3) is 22.0 Å². The minimum absolute atomic E-state index is 0.0252. The lowest BCUT2D eigenvalue weighted by Crippen LogP contribution is -2.43. The third-order valence-electron chi connectivity index (χ3n) is 9.39. The third-order valence-corrected chi connectivity index (χ3v) is 11.5. The summed E-state index contributed by atoms with van der Waals surface area (Å²) in [5.74, 6) is -2.59. The fourth-order valence-electron chi connectivity index (χ4n) is 7.29. The van der Waals surface area contributed by atoms with Gasteiger partial charge in [-0.3, -0.25) is 14.5 Å². The third kappa shape index (κ3) is 6.50. The van der Waals surface area contributed by atoms with Crippen LogP contribution in [0.5, 0.6) is 0 Å². The van der Waals surface area contributed by atoms with Gasteiger partial charge in [-0.1, -0.05) is 13.8 Å². The Balaban J connectivity index is 1.25. The minimum atomic E-state index is -3.84. The van der Waals surface area contributed by atoms with Crippen LogP contribution >= 0.6 is 0 Å². The number of nitrogens with zero attached hydrogens (tertiary/aromatic N) is 2. The second-order valence-corrected chi connectivity index (χ2v) is 15.3. The first-order valence-electron chi connectivity index (χ1n) is 15.9. The molecule has 2 aromatic carbocycles. The van der Waals surface area contributed by atoms with Gasteiger partial charge in [-0.15, -0.1) is 0 Å². The molecule has 0 spiro atoms. The number of carbonyl (C=O) groups is 2. The number of morpholine rings is 1. The number of fused-ring (bicyclic) bond motifs is 3. The number of ether oxygens (including phenoxy) is 1. The van der Waals surface area contributed by atoms with Crippen LogP contribution < -0.4 is 16.4 Å². The van der Waals surface area contributed by atoms with Crippen LogP contribution in [0.4, 0.5) is 14.5 Å². The van der Waals surface area contributed by atoms with Crippen LogP contribution in [-0.2, 0) is 26.0 Å². The number of nitrogens with two attached hydrogens (primary N) is 1. The zero-order chi connectivity index (χ0) is 32.8. The Morgan fingerprint density at radius 1 is 1.07 bits per heavy atom. The van der Waals surface area contributed by atoms with Crippen molar-refractivity contribution in [3.63, 3.8) is 0 Å². The zero-order valence-electron chi connectivity index (χ0n) is 26.2. The van der Waals surface area contributed by atoms with Crippen LogP contribution in [-0.4, -0.2) is 80.3 Å². The minimum Gasteiger partial charge on any atom is -0.382 e. The summed E-state index contributed by atoms with van der Waals surface area (Å²) in [6.45, 7) is 8.19. The van der Waals surface area contributed by atoms with Gasteiger partial charge in [0.25, 0.3) is 5.91 Å². The van der Waals surface area contributed by atoms with Gasteiger partial charge in [0.05, 0.1) is 35.7 Å². The molecule has 1 aliphatic carbocycles. The second-order valence-electron chi connectivity index (χ2n) is 13.5. The highest BCUT2D eigenvalue weighted by atomic mass is 32.2. The van der Waals surface area contributed by atoms with Crippen molar-refractivity contribution in [2.24, 2.45) is 17.1 Å². The molecule has 248 valence electrons. The zero-order valence-corrected chi connectivity index (χ0v) is 27.0. The molecule has 2 aliphatic heterocycles. The number of aromatic nitrogens is 1. The van der Waals surface area contributed by atoms with Crippen molar-refractivity contribution in [1.82, 2.24) is 14.2 Å². The van der Waals surface area contributed by atoms with E-state index in [4.69, 9.17) is 10.5 Å². The molecule has 0 atom stereocenters. The van der Waals surface area contributed by atoms with Gasteiger partial charge in [-0.05, 0) is 73.4 Å². The first kappa shape index (κ1) is 32.4. The molecule has 1 saturated heterocycles. The molecule has 2 fully saturated rings. The van der Waals surface area contributed by atoms with Crippen LogP contribution in [0.1, 0.15) is 55.6 Å². The number of hydrogen-bond donors (Lipinski definition) is 3. The van der Waals surface area contributed by atoms with Crippen molar-refractivity contribution in [2.45, 2.75) is 52.0 Å². The summed E-state index contributed by atoms with van der Waals surface area (Å²) in [5, 5.41) is 6.83. The Labute approximate surface area is 267 Å². The largest absolute Gasteiger partial charge is 0.382 e. The second kappa shape index (κ2) is 12.6. The van der Waals surface area contributed by atoms with Gasteiger partial charge in [-0.2, -0.15) is 0 Å². The predicted molar refractivity (Wildman–Crippen MR) is 172 cm³/mol. The predicted octanol–water partition coefficient (Wildman–Crippen LogP) is 3.86. The number of amides is 2. The maximum atomic E-state index is 15.7. The molecule has 1 aromatic heterocycles. The van der Waals surface area contributed by atoms with Crippen LogP contribution in [0, 0.1) is 23.0 Å². The van der Waals surface area contributed by atoms with Gasteiger partial charge >= 0.3 is 0 Å². The van der Waals surface area contributed by atoms with Gasteiger partial charge in [0.15, 0.2) is 0 Å². The van der Waals surface area contributed by atoms with E-state index in [9.17, 15) is 22.4 Å². The molecule has 46 heavy (non-hydrogen) atoms. The molecule has 4 N–H and O–H groups in total. The van der Waals surface area contributed by atoms with E-state index in [0.717, 1.165) is 19.6 Å². The number of carbonyl (C=O) groups excluding carboxylic acids is 2. The van der Waals surface area contributed by atoms with Crippen molar-refractivity contribution >= 4 is 38.4 Å². The number of anilines is 1. The number of hydrogen-bond acceptors (Lipinski definition) is 7. The molecule has 3 aromatic rings. The lowest BCUT2D eigenvalue weighted by molar-refractivity contribution is -0.126. The van der Waals surface area contributed by atoms with Gasteiger partial charge < -0.3 is 21.1 Å². The van der Waals surface area contributed by atoms with Gasteiger partial charge in [-0.25, -0.2) is 21.2 Å². The van der Waals surface area contributed by atoms with E-state index in [1.54, 1.807) is 6.07 Å². The molecule has 0 unspecified atom stereocenters. The molecule has 13 heteroatoms. The highest BCUT2D eigenvalue weighted by Gasteiger charge is 2.39. The smallest absolute Gasteiger partial charge is 0.253 e. The van der Waals surface area contributed by atoms with E-state index < -0.39 is 33.0 Å². The van der Waals surface area contributed by atoms with Gasteiger partial charge in [0.2, 0.25) is 15.9 Å². The van der Waals surface area contributed by atoms with E-state index in [0.29, 0.717) is 74.1 Å². The molecule has 3 aliphatic rings. The van der Waals surface area contributed by atoms with Crippen molar-refractivity contribution in [2.75, 3.05) is 50.5 Å². The van der Waals surface area contributed by atoms with E-state index in [-0.39, 0.29) is 40.4 Å². The molecular formula is C33H41F2N5O5S. The van der Waals surface area contributed by atoms with Crippen LogP contribution in [0.15, 0.2) is 30.3 Å². The molecular weight excluding hydrogens is 616 g/mol. The van der Waals surface area contributed by atoms with Gasteiger partial charge in [0.1, 0.15) is 11.6 Å². The summed E-state index contributed by atoms with van der Waals surface area (Å²) in [5.41, 5.74) is 6.39. The lowest BCUT2D eigenvalue weighted by atomic mass is 9.85. The highest BCUT2D eigenvalue weighted by molar-refractivity contribution is 7.90. The number of nitrogens with one attached hydrogen (secondary N) is 2. The molecule has 2 amide bonds. The topological polar surface area (TPSA) is 136 Å². The Bertz CT molecular complexity index is 1780. The Kier molecular flexibility index (Phi) is 8.85. The summed E-state index contributed by atoms with van der Waals surface area (Å²) in [7, 11) is -3.84. The monoisotopic (exact) mass is 657 g/mol. The van der Waals surface area contributed by atoms with Crippen molar-refractivity contribution in [3.05, 3.63) is 53.2 Å². The first-order valence-corrected chi connectivity index (χ1v) is 17.5. The maximum absolute atomic E-state index is 15.7. The molecule has 1 saturated carbocycles. The quantitative estimate of drug-likeness (QED) is 0.335. The summed E-state index contributed by atoms with van der Waals surface area (Å²) < 4.78 is 63.6. The average molecular weight is 658 g/mol. The molecule has 3 heterocycles. The Morgan fingerprint density at radius 2 is 1.78 bits per heavy atom. The standard InChI is InChI=1S/C33H41F2N5O5S/c1-33(2)18-28-29(24-8-5-22(34)17-27(24)40(28)46(43,44)19-33)21-15-25(35)30(31(36)41)26(16-21)38-23-6-3-20(4-7-23)32(42)37-9-10-39-11-13-45-14-12-39/h5,8,15-17,20,23,38H,3-4,6-7,9-14,18-19H2,1-2H3,(H2,36,41)(H,37,42). The van der Waals surface area contributed by atoms with E-state index in [2.05, 4.69) is 15.5 Å². The Morgan fingerprint density at radius 3 is 2.48 bits per heavy atom. The van der Waals surface area contributed by atoms with Crippen molar-refractivity contribution in [1.29, 1.82) is 0 Å². The molecule has 6 rings (SSSR count). The van der Waals surface area contributed by atoms with E-state index in [1.807, 2.05) is 13.8 Å². The number of benzene rings is 2. The Hall–Kier alpha value is -3.55. The number of halogens is 2. The average Bonchev–Trinajstić information content (AvgIpc) is 3.30. The van der Waals surface area contributed by atoms with Crippen LogP contribution in [0.3, 0.4) is 0 Å². The summed E-state index contributed by atoms with van der Waals surface area (Å²) in [4.78, 5) is 27.6. The number of primary amides is 1. The number of rotatable bonds is 8. The SMILES string of the molecule is CC1(C)Cc2c(-c3cc(F)c(C(N)=O)c(NC4CCC(C(=O)NCCN5CCOCC5)CC4)c3)c3ccc(F)cc3n2S(=O)(=O)C1. The summed E-state index contributed by atoms with van der Waals surface area (Å²) in [6, 6.07) is 6.62. The van der Waals surface area contributed by atoms with Crippen molar-refractivity contribution in [3.8, 4) is 11.1 Å². The summed E-state index contributed by atoms with van der Waals surface area (Å²) >= 11 is 0. The molecule has 10 nitrogen and oxygen atoms in total. The van der Waals surface area contributed by atoms with Crippen molar-refractivity contribution < 1.29 is 31.5 Å². The normalized spacial score (nSPS) is 22.7. The van der Waals surface area contributed by atoms with E-state index in [1.165, 1.54) is 28.2 Å². The van der Waals surface area contributed by atoms with E-state index >= 15 is 4.39 Å². The summed E-state index contributed by atoms with van der Waals surface area (Å²) in [6.07, 6.45) is 2.87. The molecule has 0 radical (unpaired) electrons. The molecule has 0 bridgehead atoms. The fourth-order valence-corrected chi connectivity index (χ4v) is 9.45. The highest BCUT2D eigenvalue weighted by Crippen LogP contribution is 2.44. The van der Waals surface area contributed by atoms with Gasteiger partial charge in [0, 0.05) is 54.8 Å². The maximum Gasteiger partial charge on any atom is 0.253 e. The lowest BCUT2D eigenvalue weighted by Gasteiger charge is -2.32. The fraction of sp³-hybridized carbons (Fsp3) is 0.515. The van der Waals surface area contributed by atoms with Crippen LogP contribution in [0.2, 0.25) is 0 Å².